The zero-order chi connectivity index (χ0) is 19.1. The van der Waals surface area contributed by atoms with Crippen LogP contribution in [0.15, 0.2) is 36.4 Å². The largest absolute Gasteiger partial charge is 0.496 e. The van der Waals surface area contributed by atoms with Gasteiger partial charge in [0.05, 0.1) is 26.9 Å². The molecule has 3 aromatic rings. The number of ether oxygens (including phenoxy) is 4. The number of carbonyl (C=O) groups excluding carboxylic acids is 1. The van der Waals surface area contributed by atoms with Crippen LogP contribution in [0.25, 0.3) is 21.9 Å². The lowest BCUT2D eigenvalue weighted by Gasteiger charge is -2.18. The second kappa shape index (κ2) is 6.46. The van der Waals surface area contributed by atoms with Crippen LogP contribution in [-0.4, -0.2) is 27.3 Å². The average molecular weight is 368 g/mol. The third-order valence-electron chi connectivity index (χ3n) is 4.75. The minimum Gasteiger partial charge on any atom is -0.496 e. The third-order valence-corrected chi connectivity index (χ3v) is 4.75. The highest BCUT2D eigenvalue weighted by Crippen LogP contribution is 2.47. The zero-order valence-electron chi connectivity index (χ0n) is 15.1. The van der Waals surface area contributed by atoms with Crippen LogP contribution in [0.1, 0.15) is 15.9 Å². The van der Waals surface area contributed by atoms with E-state index >= 15 is 0 Å². The monoisotopic (exact) mass is 368 g/mol. The topological polar surface area (TPSA) is 54.0 Å². The molecule has 6 heteroatoms. The van der Waals surface area contributed by atoms with Gasteiger partial charge in [-0.1, -0.05) is 12.1 Å². The van der Waals surface area contributed by atoms with Gasteiger partial charge >= 0.3 is 5.97 Å². The van der Waals surface area contributed by atoms with E-state index in [1.54, 1.807) is 39.5 Å². The molecular formula is C21H17FO5. The van der Waals surface area contributed by atoms with E-state index in [1.807, 2.05) is 6.07 Å². The fraction of sp³-hybridized carbons (Fsp3) is 0.190. The molecule has 0 aliphatic carbocycles. The summed E-state index contributed by atoms with van der Waals surface area (Å²) in [7, 11) is 4.64. The van der Waals surface area contributed by atoms with E-state index in [1.165, 1.54) is 12.1 Å². The number of esters is 1. The van der Waals surface area contributed by atoms with Gasteiger partial charge in [-0.2, -0.15) is 0 Å². The highest BCUT2D eigenvalue weighted by atomic mass is 19.1. The van der Waals surface area contributed by atoms with Crippen LogP contribution in [0.3, 0.4) is 0 Å². The Hall–Kier alpha value is -3.28. The number of methoxy groups -OCH3 is 3. The summed E-state index contributed by atoms with van der Waals surface area (Å²) in [6.45, 7) is 0.121. The van der Waals surface area contributed by atoms with Gasteiger partial charge in [-0.3, -0.25) is 0 Å². The van der Waals surface area contributed by atoms with Crippen molar-refractivity contribution in [3.8, 4) is 28.4 Å². The minimum atomic E-state index is -0.431. The smallest absolute Gasteiger partial charge is 0.339 e. The molecule has 4 rings (SSSR count). The van der Waals surface area contributed by atoms with Crippen molar-refractivity contribution in [2.24, 2.45) is 0 Å². The molecule has 0 N–H and O–H groups in total. The molecule has 5 nitrogen and oxygen atoms in total. The first kappa shape index (κ1) is 17.1. The number of hydrogen-bond donors (Lipinski definition) is 0. The van der Waals surface area contributed by atoms with Crippen molar-refractivity contribution in [3.63, 3.8) is 0 Å². The van der Waals surface area contributed by atoms with Crippen molar-refractivity contribution in [3.05, 3.63) is 53.3 Å². The Balaban J connectivity index is 2.18. The highest BCUT2D eigenvalue weighted by Gasteiger charge is 2.32. The van der Waals surface area contributed by atoms with Crippen LogP contribution in [0, 0.1) is 5.82 Å². The summed E-state index contributed by atoms with van der Waals surface area (Å²) in [5.74, 6) is 0.826. The van der Waals surface area contributed by atoms with E-state index in [-0.39, 0.29) is 12.4 Å². The highest BCUT2D eigenvalue weighted by molar-refractivity contribution is 6.13. The zero-order valence-corrected chi connectivity index (χ0v) is 15.1. The molecular weight excluding hydrogens is 351 g/mol. The van der Waals surface area contributed by atoms with Gasteiger partial charge in [-0.15, -0.1) is 0 Å². The molecule has 0 saturated carbocycles. The van der Waals surface area contributed by atoms with Gasteiger partial charge < -0.3 is 18.9 Å². The second-order valence-corrected chi connectivity index (χ2v) is 6.10. The number of benzene rings is 3. The van der Waals surface area contributed by atoms with Crippen molar-refractivity contribution in [2.45, 2.75) is 6.61 Å². The number of halogens is 1. The van der Waals surface area contributed by atoms with Crippen molar-refractivity contribution in [1.29, 1.82) is 0 Å². The molecule has 0 spiro atoms. The second-order valence-electron chi connectivity index (χ2n) is 6.10. The normalized spacial score (nSPS) is 12.7. The molecule has 138 valence electrons. The summed E-state index contributed by atoms with van der Waals surface area (Å²) >= 11 is 0. The lowest BCUT2D eigenvalue weighted by Crippen LogP contribution is -2.02. The Kier molecular flexibility index (Phi) is 4.11. The van der Waals surface area contributed by atoms with Crippen LogP contribution < -0.4 is 14.2 Å². The molecule has 1 heterocycles. The third kappa shape index (κ3) is 2.56. The fourth-order valence-electron chi connectivity index (χ4n) is 3.56. The van der Waals surface area contributed by atoms with E-state index < -0.39 is 5.97 Å². The van der Waals surface area contributed by atoms with Gasteiger partial charge in [0.25, 0.3) is 0 Å². The molecule has 1 aliphatic heterocycles. The number of rotatable bonds is 4. The van der Waals surface area contributed by atoms with E-state index in [0.717, 1.165) is 10.8 Å². The van der Waals surface area contributed by atoms with Gasteiger partial charge in [-0.05, 0) is 35.2 Å². The van der Waals surface area contributed by atoms with Crippen LogP contribution >= 0.6 is 0 Å². The summed E-state index contributed by atoms with van der Waals surface area (Å²) in [5.41, 5.74) is 2.45. The first-order valence-electron chi connectivity index (χ1n) is 8.30. The Morgan fingerprint density at radius 2 is 1.52 bits per heavy atom. The lowest BCUT2D eigenvalue weighted by atomic mass is 9.89. The molecule has 0 atom stereocenters. The maximum atomic E-state index is 13.5. The fourth-order valence-corrected chi connectivity index (χ4v) is 3.56. The maximum absolute atomic E-state index is 13.5. The molecule has 0 amide bonds. The molecule has 0 unspecified atom stereocenters. The number of carbonyl (C=O) groups is 1. The molecule has 1 aliphatic rings. The summed E-state index contributed by atoms with van der Waals surface area (Å²) < 4.78 is 35.2. The van der Waals surface area contributed by atoms with Crippen molar-refractivity contribution in [2.75, 3.05) is 21.3 Å². The predicted molar refractivity (Wildman–Crippen MR) is 98.1 cm³/mol. The molecule has 0 bridgehead atoms. The molecule has 0 saturated heterocycles. The predicted octanol–water partition coefficient (Wildman–Crippen LogP) is 4.34. The van der Waals surface area contributed by atoms with Crippen LogP contribution in [0.4, 0.5) is 4.39 Å². The maximum Gasteiger partial charge on any atom is 0.339 e. The Labute approximate surface area is 155 Å². The van der Waals surface area contributed by atoms with Crippen LogP contribution in [0.2, 0.25) is 0 Å². The Morgan fingerprint density at radius 3 is 2.11 bits per heavy atom. The van der Waals surface area contributed by atoms with Gasteiger partial charge in [0.15, 0.2) is 11.5 Å². The van der Waals surface area contributed by atoms with E-state index in [2.05, 4.69) is 0 Å². The first-order valence-corrected chi connectivity index (χ1v) is 8.30. The van der Waals surface area contributed by atoms with Gasteiger partial charge in [0.1, 0.15) is 18.2 Å². The molecule has 0 radical (unpaired) electrons. The quantitative estimate of drug-likeness (QED) is 0.641. The number of cyclic esters (lactones) is 1. The van der Waals surface area contributed by atoms with Gasteiger partial charge in [0.2, 0.25) is 0 Å². The number of fused-ring (bicyclic) bond motifs is 2. The van der Waals surface area contributed by atoms with Crippen molar-refractivity contribution < 1.29 is 28.1 Å². The standard InChI is InChI=1S/C21H17FO5/c1-24-16-8-13-14(9-17(16)25-2)20(26-3)15-10-27-21(23)19(15)18(13)11-4-6-12(22)7-5-11/h4-9H,10H2,1-3H3. The molecule has 0 fully saturated rings. The van der Waals surface area contributed by atoms with Crippen molar-refractivity contribution in [1.82, 2.24) is 0 Å². The summed E-state index contributed by atoms with van der Waals surface area (Å²) in [4.78, 5) is 12.5. The molecule has 27 heavy (non-hydrogen) atoms. The summed E-state index contributed by atoms with van der Waals surface area (Å²) in [6, 6.07) is 9.60. The van der Waals surface area contributed by atoms with E-state index in [9.17, 15) is 9.18 Å². The average Bonchev–Trinajstić information content (AvgIpc) is 3.07. The summed E-state index contributed by atoms with van der Waals surface area (Å²) in [5, 5.41) is 1.49. The minimum absolute atomic E-state index is 0.121. The first-order chi connectivity index (χ1) is 13.1. The van der Waals surface area contributed by atoms with E-state index in [4.69, 9.17) is 18.9 Å². The van der Waals surface area contributed by atoms with E-state index in [0.29, 0.717) is 39.5 Å². The van der Waals surface area contributed by atoms with Crippen LogP contribution in [0.5, 0.6) is 17.2 Å². The Bertz CT molecular complexity index is 1060. The SMILES string of the molecule is COc1cc2c(OC)c3c(c(-c4ccc(F)cc4)c2cc1OC)C(=O)OC3. The molecule has 0 aromatic heterocycles. The molecule has 3 aromatic carbocycles. The van der Waals surface area contributed by atoms with Gasteiger partial charge in [0, 0.05) is 16.5 Å². The van der Waals surface area contributed by atoms with Gasteiger partial charge in [-0.25, -0.2) is 9.18 Å². The lowest BCUT2D eigenvalue weighted by molar-refractivity contribution is 0.0535. The Morgan fingerprint density at radius 1 is 0.889 bits per heavy atom. The number of hydrogen-bond acceptors (Lipinski definition) is 5. The van der Waals surface area contributed by atoms with Crippen molar-refractivity contribution >= 4 is 16.7 Å². The van der Waals surface area contributed by atoms with Crippen LogP contribution in [-0.2, 0) is 11.3 Å². The summed E-state index contributed by atoms with van der Waals surface area (Å²) in [6.07, 6.45) is 0.